The zero-order chi connectivity index (χ0) is 19.6. The van der Waals surface area contributed by atoms with Crippen LogP contribution in [0, 0.1) is 0 Å². The second-order valence-corrected chi connectivity index (χ2v) is 6.28. The zero-order valence-corrected chi connectivity index (χ0v) is 16.0. The largest absolute Gasteiger partial charge is 0.496 e. The molecule has 0 aliphatic heterocycles. The van der Waals surface area contributed by atoms with Gasteiger partial charge in [-0.1, -0.05) is 24.3 Å². The molecule has 1 aromatic carbocycles. The van der Waals surface area contributed by atoms with Crippen molar-refractivity contribution in [2.45, 2.75) is 6.42 Å². The third-order valence-electron chi connectivity index (χ3n) is 3.93. The first-order valence-corrected chi connectivity index (χ1v) is 8.81. The molecule has 1 heterocycles. The summed E-state index contributed by atoms with van der Waals surface area (Å²) in [6.45, 7) is 1.69. The average Bonchev–Trinajstić information content (AvgIpc) is 2.68. The highest BCUT2D eigenvalue weighted by Crippen LogP contribution is 2.17. The fourth-order valence-electron chi connectivity index (χ4n) is 2.48. The summed E-state index contributed by atoms with van der Waals surface area (Å²) in [5.41, 5.74) is 1.46. The summed E-state index contributed by atoms with van der Waals surface area (Å²) in [5, 5.41) is 5.61. The van der Waals surface area contributed by atoms with Crippen molar-refractivity contribution >= 4 is 11.8 Å². The van der Waals surface area contributed by atoms with Crippen molar-refractivity contribution in [2.75, 3.05) is 40.8 Å². The number of carbonyl (C=O) groups excluding carboxylic acids is 2. The number of para-hydroxylation sites is 1. The molecule has 27 heavy (non-hydrogen) atoms. The maximum atomic E-state index is 12.3. The van der Waals surface area contributed by atoms with Crippen LogP contribution in [0.25, 0.3) is 0 Å². The van der Waals surface area contributed by atoms with Crippen LogP contribution in [-0.2, 0) is 6.42 Å². The summed E-state index contributed by atoms with van der Waals surface area (Å²) in [7, 11) is 5.48. The summed E-state index contributed by atoms with van der Waals surface area (Å²) in [6, 6.07) is 12.5. The second kappa shape index (κ2) is 10.3. The minimum absolute atomic E-state index is 0.218. The normalized spacial score (nSPS) is 10.5. The topological polar surface area (TPSA) is 83.6 Å². The average molecular weight is 370 g/mol. The molecule has 0 fully saturated rings. The molecule has 1 aromatic heterocycles. The number of hydrogen-bond donors (Lipinski definition) is 2. The molecule has 0 spiro atoms. The van der Waals surface area contributed by atoms with Crippen LogP contribution in [0.3, 0.4) is 0 Å². The smallest absolute Gasteiger partial charge is 0.269 e. The zero-order valence-electron chi connectivity index (χ0n) is 16.0. The molecule has 0 atom stereocenters. The number of likely N-dealkylation sites (N-methyl/N-ethyl adjacent to an activating group) is 1. The third kappa shape index (κ3) is 6.38. The van der Waals surface area contributed by atoms with Gasteiger partial charge in [0, 0.05) is 19.6 Å². The van der Waals surface area contributed by atoms with E-state index in [1.54, 1.807) is 25.3 Å². The number of ether oxygens (including phenoxy) is 1. The van der Waals surface area contributed by atoms with Crippen molar-refractivity contribution in [2.24, 2.45) is 0 Å². The molecule has 0 aliphatic carbocycles. The summed E-state index contributed by atoms with van der Waals surface area (Å²) < 4.78 is 5.30. The number of nitrogens with zero attached hydrogens (tertiary/aromatic N) is 2. The van der Waals surface area contributed by atoms with Crippen molar-refractivity contribution in [3.63, 3.8) is 0 Å². The lowest BCUT2D eigenvalue weighted by Gasteiger charge is -2.11. The van der Waals surface area contributed by atoms with Gasteiger partial charge in [-0.2, -0.15) is 0 Å². The SMILES string of the molecule is COc1ccccc1CCNC(=O)c1cccc(C(=O)NCCN(C)C)n1. The van der Waals surface area contributed by atoms with Crippen LogP contribution in [0.5, 0.6) is 5.75 Å². The maximum absolute atomic E-state index is 12.3. The molecular formula is C20H26N4O3. The first-order valence-electron chi connectivity index (χ1n) is 8.81. The maximum Gasteiger partial charge on any atom is 0.269 e. The Morgan fingerprint density at radius 1 is 0.963 bits per heavy atom. The van der Waals surface area contributed by atoms with E-state index in [9.17, 15) is 9.59 Å². The fraction of sp³-hybridized carbons (Fsp3) is 0.350. The number of nitrogens with one attached hydrogen (secondary N) is 2. The highest BCUT2D eigenvalue weighted by molar-refractivity contribution is 5.96. The first-order chi connectivity index (χ1) is 13.0. The summed E-state index contributed by atoms with van der Waals surface area (Å²) in [5.74, 6) is 0.189. The lowest BCUT2D eigenvalue weighted by Crippen LogP contribution is -2.32. The Hall–Kier alpha value is -2.93. The predicted octanol–water partition coefficient (Wildman–Crippen LogP) is 1.35. The summed E-state index contributed by atoms with van der Waals surface area (Å²) >= 11 is 0. The minimum atomic E-state index is -0.312. The molecule has 0 bridgehead atoms. The molecule has 0 unspecified atom stereocenters. The van der Waals surface area contributed by atoms with Crippen LogP contribution >= 0.6 is 0 Å². The van der Waals surface area contributed by atoms with E-state index in [-0.39, 0.29) is 23.2 Å². The van der Waals surface area contributed by atoms with E-state index in [1.807, 2.05) is 43.3 Å². The molecule has 0 aliphatic rings. The molecule has 2 aromatic rings. The molecule has 7 heteroatoms. The van der Waals surface area contributed by atoms with Gasteiger partial charge >= 0.3 is 0 Å². The highest BCUT2D eigenvalue weighted by Gasteiger charge is 2.12. The van der Waals surface area contributed by atoms with E-state index in [4.69, 9.17) is 4.74 Å². The number of hydrogen-bond acceptors (Lipinski definition) is 5. The third-order valence-corrected chi connectivity index (χ3v) is 3.93. The molecule has 7 nitrogen and oxygen atoms in total. The quantitative estimate of drug-likeness (QED) is 0.696. The van der Waals surface area contributed by atoms with E-state index in [1.165, 1.54) is 0 Å². The van der Waals surface area contributed by atoms with Gasteiger partial charge in [-0.05, 0) is 44.3 Å². The van der Waals surface area contributed by atoms with E-state index in [0.717, 1.165) is 17.9 Å². The molecule has 144 valence electrons. The Labute approximate surface area is 159 Å². The Bertz CT molecular complexity index is 777. The predicted molar refractivity (Wildman–Crippen MR) is 104 cm³/mol. The fourth-order valence-corrected chi connectivity index (χ4v) is 2.48. The molecule has 2 amide bonds. The van der Waals surface area contributed by atoms with Crippen LogP contribution in [0.2, 0.25) is 0 Å². The Morgan fingerprint density at radius 3 is 2.22 bits per heavy atom. The standard InChI is InChI=1S/C20H26N4O3/c1-24(2)14-13-22-20(26)17-9-6-8-16(23-17)19(25)21-12-11-15-7-4-5-10-18(15)27-3/h4-10H,11-14H2,1-3H3,(H,21,25)(H,22,26). The number of carbonyl (C=O) groups is 2. The van der Waals surface area contributed by atoms with Crippen LogP contribution in [0.4, 0.5) is 0 Å². The van der Waals surface area contributed by atoms with E-state index >= 15 is 0 Å². The summed E-state index contributed by atoms with van der Waals surface area (Å²) in [4.78, 5) is 30.6. The number of rotatable bonds is 9. The van der Waals surface area contributed by atoms with Gasteiger partial charge in [0.15, 0.2) is 0 Å². The number of benzene rings is 1. The Kier molecular flexibility index (Phi) is 7.76. The first kappa shape index (κ1) is 20.4. The molecule has 0 radical (unpaired) electrons. The van der Waals surface area contributed by atoms with Gasteiger partial charge in [-0.25, -0.2) is 4.98 Å². The van der Waals surface area contributed by atoms with Crippen LogP contribution in [0.1, 0.15) is 26.5 Å². The highest BCUT2D eigenvalue weighted by atomic mass is 16.5. The van der Waals surface area contributed by atoms with Gasteiger partial charge in [0.25, 0.3) is 11.8 Å². The van der Waals surface area contributed by atoms with Gasteiger partial charge in [-0.3, -0.25) is 9.59 Å². The molecule has 2 N–H and O–H groups in total. The number of aromatic nitrogens is 1. The van der Waals surface area contributed by atoms with E-state index < -0.39 is 0 Å². The Balaban J connectivity index is 1.90. The molecular weight excluding hydrogens is 344 g/mol. The lowest BCUT2D eigenvalue weighted by atomic mass is 10.1. The second-order valence-electron chi connectivity index (χ2n) is 6.28. The monoisotopic (exact) mass is 370 g/mol. The van der Waals surface area contributed by atoms with Crippen LogP contribution < -0.4 is 15.4 Å². The van der Waals surface area contributed by atoms with Gasteiger partial charge in [-0.15, -0.1) is 0 Å². The number of methoxy groups -OCH3 is 1. The van der Waals surface area contributed by atoms with E-state index in [0.29, 0.717) is 19.5 Å². The van der Waals surface area contributed by atoms with Crippen LogP contribution in [0.15, 0.2) is 42.5 Å². The van der Waals surface area contributed by atoms with Gasteiger partial charge in [0.05, 0.1) is 7.11 Å². The molecule has 2 rings (SSSR count). The van der Waals surface area contributed by atoms with Crippen molar-refractivity contribution in [3.05, 3.63) is 59.4 Å². The van der Waals surface area contributed by atoms with E-state index in [2.05, 4.69) is 15.6 Å². The van der Waals surface area contributed by atoms with Gasteiger partial charge < -0.3 is 20.3 Å². The van der Waals surface area contributed by atoms with Crippen molar-refractivity contribution < 1.29 is 14.3 Å². The lowest BCUT2D eigenvalue weighted by molar-refractivity contribution is 0.0943. The number of pyridine rings is 1. The molecule has 0 saturated heterocycles. The summed E-state index contributed by atoms with van der Waals surface area (Å²) in [6.07, 6.45) is 0.639. The van der Waals surface area contributed by atoms with Crippen molar-refractivity contribution in [1.29, 1.82) is 0 Å². The minimum Gasteiger partial charge on any atom is -0.496 e. The Morgan fingerprint density at radius 2 is 1.59 bits per heavy atom. The van der Waals surface area contributed by atoms with Gasteiger partial charge in [0.2, 0.25) is 0 Å². The number of amides is 2. The van der Waals surface area contributed by atoms with Crippen molar-refractivity contribution in [1.82, 2.24) is 20.5 Å². The van der Waals surface area contributed by atoms with Gasteiger partial charge in [0.1, 0.15) is 17.1 Å². The van der Waals surface area contributed by atoms with Crippen molar-refractivity contribution in [3.8, 4) is 5.75 Å². The molecule has 0 saturated carbocycles. The van der Waals surface area contributed by atoms with Crippen LogP contribution in [-0.4, -0.2) is 62.5 Å².